The van der Waals surface area contributed by atoms with E-state index < -0.39 is 0 Å². The molecule has 0 amide bonds. The quantitative estimate of drug-likeness (QED) is 0.868. The normalized spacial score (nSPS) is 13.6. The van der Waals surface area contributed by atoms with E-state index >= 15 is 0 Å². The minimum Gasteiger partial charge on any atom is -0.385 e. The molecule has 2 aromatic rings. The zero-order chi connectivity index (χ0) is 14.5. The molecule has 0 saturated carbocycles. The van der Waals surface area contributed by atoms with Gasteiger partial charge in [0.25, 0.3) is 0 Å². The topological polar surface area (TPSA) is 24.1 Å². The fourth-order valence-corrected chi connectivity index (χ4v) is 2.96. The first-order valence-electron chi connectivity index (χ1n) is 8.00. The third-order valence-electron chi connectivity index (χ3n) is 4.24. The van der Waals surface area contributed by atoms with Gasteiger partial charge in [-0.05, 0) is 41.5 Å². The van der Waals surface area contributed by atoms with Gasteiger partial charge in [0.1, 0.15) is 0 Å². The van der Waals surface area contributed by atoms with E-state index in [4.69, 9.17) is 0 Å². The van der Waals surface area contributed by atoms with Crippen LogP contribution in [0.1, 0.15) is 35.6 Å². The molecule has 1 heterocycles. The molecule has 1 aliphatic heterocycles. The summed E-state index contributed by atoms with van der Waals surface area (Å²) in [5.41, 5.74) is 6.97. The Hall–Kier alpha value is -1.80. The SMILES string of the molecule is CCc1ccc(CNCc2cccc3c2NCCC3)cc1. The number of hydrogen-bond acceptors (Lipinski definition) is 2. The second-order valence-corrected chi connectivity index (χ2v) is 5.76. The Bertz CT molecular complexity index is 587. The maximum absolute atomic E-state index is 3.57. The first-order chi connectivity index (χ1) is 10.4. The maximum Gasteiger partial charge on any atom is 0.0418 e. The third-order valence-corrected chi connectivity index (χ3v) is 4.24. The lowest BCUT2D eigenvalue weighted by Gasteiger charge is -2.21. The molecule has 2 nitrogen and oxygen atoms in total. The van der Waals surface area contributed by atoms with E-state index in [2.05, 4.69) is 60.0 Å². The van der Waals surface area contributed by atoms with Crippen molar-refractivity contribution in [1.82, 2.24) is 5.32 Å². The summed E-state index contributed by atoms with van der Waals surface area (Å²) in [7, 11) is 0. The predicted molar refractivity (Wildman–Crippen MR) is 89.6 cm³/mol. The van der Waals surface area contributed by atoms with Gasteiger partial charge in [-0.25, -0.2) is 0 Å². The molecule has 0 unspecified atom stereocenters. The molecule has 2 heteroatoms. The number of fused-ring (bicyclic) bond motifs is 1. The Labute approximate surface area is 127 Å². The molecule has 2 N–H and O–H groups in total. The number of aryl methyl sites for hydroxylation is 2. The van der Waals surface area contributed by atoms with Crippen LogP contribution in [0.25, 0.3) is 0 Å². The smallest absolute Gasteiger partial charge is 0.0418 e. The van der Waals surface area contributed by atoms with Crippen LogP contribution < -0.4 is 10.6 Å². The third kappa shape index (κ3) is 3.45. The summed E-state index contributed by atoms with van der Waals surface area (Å²) in [6.07, 6.45) is 3.55. The number of para-hydroxylation sites is 1. The van der Waals surface area contributed by atoms with Crippen molar-refractivity contribution in [3.63, 3.8) is 0 Å². The second kappa shape index (κ2) is 6.77. The van der Waals surface area contributed by atoms with Gasteiger partial charge >= 0.3 is 0 Å². The highest BCUT2D eigenvalue weighted by Crippen LogP contribution is 2.25. The predicted octanol–water partition coefficient (Wildman–Crippen LogP) is 3.90. The van der Waals surface area contributed by atoms with Gasteiger partial charge in [0.15, 0.2) is 0 Å². The summed E-state index contributed by atoms with van der Waals surface area (Å²) in [6.45, 7) is 5.14. The molecule has 0 atom stereocenters. The minimum absolute atomic E-state index is 0.922. The number of benzene rings is 2. The molecular weight excluding hydrogens is 256 g/mol. The fourth-order valence-electron chi connectivity index (χ4n) is 2.96. The monoisotopic (exact) mass is 280 g/mol. The highest BCUT2D eigenvalue weighted by atomic mass is 14.9. The van der Waals surface area contributed by atoms with E-state index in [0.29, 0.717) is 0 Å². The van der Waals surface area contributed by atoms with E-state index in [0.717, 1.165) is 26.1 Å². The molecule has 2 aromatic carbocycles. The molecule has 110 valence electrons. The lowest BCUT2D eigenvalue weighted by atomic mass is 9.99. The summed E-state index contributed by atoms with van der Waals surface area (Å²) in [5, 5.41) is 7.12. The molecule has 1 aliphatic rings. The molecule has 3 rings (SSSR count). The van der Waals surface area contributed by atoms with Gasteiger partial charge in [-0.2, -0.15) is 0 Å². The number of nitrogens with one attached hydrogen (secondary N) is 2. The van der Waals surface area contributed by atoms with E-state index in [1.54, 1.807) is 0 Å². The Morgan fingerprint density at radius 3 is 2.62 bits per heavy atom. The van der Waals surface area contributed by atoms with Gasteiger partial charge in [0.2, 0.25) is 0 Å². The van der Waals surface area contributed by atoms with Crippen molar-refractivity contribution in [2.45, 2.75) is 39.3 Å². The van der Waals surface area contributed by atoms with E-state index in [1.165, 1.54) is 40.8 Å². The van der Waals surface area contributed by atoms with Crippen LogP contribution in [0.4, 0.5) is 5.69 Å². The van der Waals surface area contributed by atoms with Crippen LogP contribution in [0.3, 0.4) is 0 Å². The standard InChI is InChI=1S/C19H24N2/c1-2-15-8-10-16(11-9-15)13-20-14-18-6-3-5-17-7-4-12-21-19(17)18/h3,5-6,8-11,20-21H,2,4,7,12-14H2,1H3. The summed E-state index contributed by atoms with van der Waals surface area (Å²) >= 11 is 0. The number of hydrogen-bond donors (Lipinski definition) is 2. The second-order valence-electron chi connectivity index (χ2n) is 5.76. The summed E-state index contributed by atoms with van der Waals surface area (Å²) in [4.78, 5) is 0. The van der Waals surface area contributed by atoms with Crippen LogP contribution in [0.2, 0.25) is 0 Å². The van der Waals surface area contributed by atoms with Gasteiger partial charge in [-0.1, -0.05) is 49.4 Å². The average molecular weight is 280 g/mol. The van der Waals surface area contributed by atoms with Crippen LogP contribution in [-0.4, -0.2) is 6.54 Å². The Morgan fingerprint density at radius 1 is 1.00 bits per heavy atom. The first-order valence-corrected chi connectivity index (χ1v) is 8.00. The van der Waals surface area contributed by atoms with Crippen LogP contribution in [0, 0.1) is 0 Å². The molecule has 0 fully saturated rings. The lowest BCUT2D eigenvalue weighted by molar-refractivity contribution is 0.690. The summed E-state index contributed by atoms with van der Waals surface area (Å²) < 4.78 is 0. The summed E-state index contributed by atoms with van der Waals surface area (Å²) in [6, 6.07) is 15.6. The molecule has 0 saturated heterocycles. The minimum atomic E-state index is 0.922. The average Bonchev–Trinajstić information content (AvgIpc) is 2.56. The van der Waals surface area contributed by atoms with Crippen molar-refractivity contribution in [2.75, 3.05) is 11.9 Å². The highest BCUT2D eigenvalue weighted by Gasteiger charge is 2.11. The van der Waals surface area contributed by atoms with Gasteiger partial charge < -0.3 is 10.6 Å². The largest absolute Gasteiger partial charge is 0.385 e. The number of rotatable bonds is 5. The fraction of sp³-hybridized carbons (Fsp3) is 0.368. The molecule has 21 heavy (non-hydrogen) atoms. The molecule has 0 spiro atoms. The highest BCUT2D eigenvalue weighted by molar-refractivity contribution is 5.59. The molecular formula is C19H24N2. The van der Waals surface area contributed by atoms with Gasteiger partial charge in [-0.3, -0.25) is 0 Å². The Balaban J connectivity index is 1.60. The van der Waals surface area contributed by atoms with Crippen LogP contribution in [0.15, 0.2) is 42.5 Å². The van der Waals surface area contributed by atoms with Crippen molar-refractivity contribution < 1.29 is 0 Å². The van der Waals surface area contributed by atoms with Crippen molar-refractivity contribution >= 4 is 5.69 Å². The number of anilines is 1. The van der Waals surface area contributed by atoms with Crippen LogP contribution in [-0.2, 0) is 25.9 Å². The molecule has 0 aromatic heterocycles. The van der Waals surface area contributed by atoms with Crippen molar-refractivity contribution in [3.8, 4) is 0 Å². The van der Waals surface area contributed by atoms with E-state index in [1.807, 2.05) is 0 Å². The van der Waals surface area contributed by atoms with Crippen LogP contribution >= 0.6 is 0 Å². The zero-order valence-corrected chi connectivity index (χ0v) is 12.8. The van der Waals surface area contributed by atoms with Crippen molar-refractivity contribution in [3.05, 3.63) is 64.7 Å². The Kier molecular flexibility index (Phi) is 4.56. The van der Waals surface area contributed by atoms with Gasteiger partial charge in [-0.15, -0.1) is 0 Å². The zero-order valence-electron chi connectivity index (χ0n) is 12.8. The van der Waals surface area contributed by atoms with Crippen LogP contribution in [0.5, 0.6) is 0 Å². The Morgan fingerprint density at radius 2 is 1.81 bits per heavy atom. The maximum atomic E-state index is 3.57. The van der Waals surface area contributed by atoms with Gasteiger partial charge in [0.05, 0.1) is 0 Å². The first kappa shape index (κ1) is 14.2. The molecule has 0 aliphatic carbocycles. The van der Waals surface area contributed by atoms with Crippen molar-refractivity contribution in [2.24, 2.45) is 0 Å². The van der Waals surface area contributed by atoms with E-state index in [-0.39, 0.29) is 0 Å². The summed E-state index contributed by atoms with van der Waals surface area (Å²) in [5.74, 6) is 0. The van der Waals surface area contributed by atoms with Gasteiger partial charge in [0, 0.05) is 25.3 Å². The lowest BCUT2D eigenvalue weighted by Crippen LogP contribution is -2.18. The van der Waals surface area contributed by atoms with Crippen molar-refractivity contribution in [1.29, 1.82) is 0 Å². The van der Waals surface area contributed by atoms with E-state index in [9.17, 15) is 0 Å². The molecule has 0 bridgehead atoms. The molecule has 0 radical (unpaired) electrons.